The average Bonchev–Trinajstić information content (AvgIpc) is 2.86. The first-order valence-electron chi connectivity index (χ1n) is 7.61. The van der Waals surface area contributed by atoms with Crippen molar-refractivity contribution >= 4 is 45.9 Å². The third-order valence-electron chi connectivity index (χ3n) is 3.16. The minimum Gasteiger partial charge on any atom is -0.457 e. The number of amides is 2. The zero-order chi connectivity index (χ0) is 18.8. The highest BCUT2D eigenvalue weighted by molar-refractivity contribution is 14.1. The second kappa shape index (κ2) is 7.38. The van der Waals surface area contributed by atoms with E-state index in [2.05, 4.69) is 33.2 Å². The van der Waals surface area contributed by atoms with Crippen LogP contribution in [0.25, 0.3) is 0 Å². The van der Waals surface area contributed by atoms with Gasteiger partial charge in [0, 0.05) is 20.9 Å². The molecule has 0 fully saturated rings. The van der Waals surface area contributed by atoms with Gasteiger partial charge in [-0.15, -0.1) is 0 Å². The summed E-state index contributed by atoms with van der Waals surface area (Å²) in [7, 11) is 0. The normalized spacial score (nSPS) is 11.1. The van der Waals surface area contributed by atoms with Gasteiger partial charge in [0.15, 0.2) is 5.76 Å². The molecular formula is C18H19IN2O4. The number of halogens is 1. The number of rotatable bonds is 4. The molecule has 0 unspecified atom stereocenters. The number of Topliss-reactive ketones (excluding diaryl/α,β-unsaturated/α-hetero) is 1. The molecular weight excluding hydrogens is 435 g/mol. The number of aryl methyl sites for hydroxylation is 1. The fourth-order valence-electron chi connectivity index (χ4n) is 2.09. The van der Waals surface area contributed by atoms with Gasteiger partial charge in [-0.1, -0.05) is 6.07 Å². The predicted molar refractivity (Wildman–Crippen MR) is 103 cm³/mol. The molecule has 0 saturated carbocycles. The fraction of sp³-hybridized carbons (Fsp3) is 0.278. The molecule has 0 saturated heterocycles. The van der Waals surface area contributed by atoms with Gasteiger partial charge in [-0.3, -0.25) is 14.4 Å². The van der Waals surface area contributed by atoms with Crippen LogP contribution in [-0.4, -0.2) is 23.1 Å². The summed E-state index contributed by atoms with van der Waals surface area (Å²) < 4.78 is 6.30. The summed E-state index contributed by atoms with van der Waals surface area (Å²) in [6.45, 7) is 6.88. The molecule has 0 aliphatic heterocycles. The Morgan fingerprint density at radius 1 is 1.12 bits per heavy atom. The smallest absolute Gasteiger partial charge is 0.296 e. The average molecular weight is 454 g/mol. The van der Waals surface area contributed by atoms with E-state index in [1.54, 1.807) is 33.8 Å². The van der Waals surface area contributed by atoms with Crippen molar-refractivity contribution in [1.29, 1.82) is 0 Å². The number of anilines is 1. The van der Waals surface area contributed by atoms with Crippen LogP contribution in [0.1, 0.15) is 47.4 Å². The molecule has 1 heterocycles. The molecule has 0 atom stereocenters. The number of nitrogens with one attached hydrogen (secondary N) is 2. The third-order valence-corrected chi connectivity index (χ3v) is 3.83. The number of carbonyl (C=O) groups excluding carboxylic acids is 3. The summed E-state index contributed by atoms with van der Waals surface area (Å²) in [6, 6.07) is 8.60. The fourth-order valence-corrected chi connectivity index (χ4v) is 2.64. The molecule has 1 aromatic heterocycles. The second-order valence-corrected chi connectivity index (χ2v) is 7.82. The van der Waals surface area contributed by atoms with Crippen molar-refractivity contribution in [2.24, 2.45) is 0 Å². The zero-order valence-corrected chi connectivity index (χ0v) is 16.6. The molecule has 0 aliphatic rings. The van der Waals surface area contributed by atoms with Crippen LogP contribution in [0.5, 0.6) is 0 Å². The maximum atomic E-state index is 12.4. The first kappa shape index (κ1) is 19.2. The lowest BCUT2D eigenvalue weighted by Gasteiger charge is -2.19. The van der Waals surface area contributed by atoms with Gasteiger partial charge in [-0.25, -0.2) is 0 Å². The summed E-state index contributed by atoms with van der Waals surface area (Å²) in [4.78, 5) is 36.5. The standard InChI is InChI=1S/C18H19IN2O4/c1-10-13(16(23)20-12-7-5-6-11(19)8-12)9-14(25-10)15(22)17(24)21-18(2,3)4/h5-9H,1-4H3,(H,20,23)(H,21,24). The lowest BCUT2D eigenvalue weighted by Crippen LogP contribution is -2.44. The number of furan rings is 1. The predicted octanol–water partition coefficient (Wildman–Crippen LogP) is 3.54. The molecule has 0 radical (unpaired) electrons. The molecule has 2 rings (SSSR count). The monoisotopic (exact) mass is 454 g/mol. The van der Waals surface area contributed by atoms with E-state index in [0.717, 1.165) is 3.57 Å². The number of benzene rings is 1. The van der Waals surface area contributed by atoms with E-state index < -0.39 is 23.1 Å². The zero-order valence-electron chi connectivity index (χ0n) is 14.4. The first-order chi connectivity index (χ1) is 11.6. The van der Waals surface area contributed by atoms with E-state index in [0.29, 0.717) is 5.69 Å². The molecule has 132 valence electrons. The van der Waals surface area contributed by atoms with Crippen molar-refractivity contribution in [3.8, 4) is 0 Å². The highest BCUT2D eigenvalue weighted by atomic mass is 127. The Kier molecular flexibility index (Phi) is 5.66. The van der Waals surface area contributed by atoms with E-state index in [1.165, 1.54) is 6.07 Å². The van der Waals surface area contributed by atoms with Gasteiger partial charge >= 0.3 is 0 Å². The minimum atomic E-state index is -0.814. The van der Waals surface area contributed by atoms with Crippen LogP contribution in [0.3, 0.4) is 0 Å². The molecule has 6 nitrogen and oxygen atoms in total. The number of ketones is 1. The van der Waals surface area contributed by atoms with Crippen LogP contribution in [0.2, 0.25) is 0 Å². The van der Waals surface area contributed by atoms with Crippen molar-refractivity contribution in [2.75, 3.05) is 5.32 Å². The van der Waals surface area contributed by atoms with Crippen LogP contribution >= 0.6 is 22.6 Å². The second-order valence-electron chi connectivity index (χ2n) is 6.58. The topological polar surface area (TPSA) is 88.4 Å². The Morgan fingerprint density at radius 2 is 1.80 bits per heavy atom. The molecule has 7 heteroatoms. The molecule has 2 amide bonds. The number of hydrogen-bond donors (Lipinski definition) is 2. The van der Waals surface area contributed by atoms with E-state index in [-0.39, 0.29) is 17.1 Å². The Labute approximate surface area is 159 Å². The van der Waals surface area contributed by atoms with Crippen molar-refractivity contribution in [1.82, 2.24) is 5.32 Å². The van der Waals surface area contributed by atoms with Crippen LogP contribution in [0, 0.1) is 10.5 Å². The summed E-state index contributed by atoms with van der Waals surface area (Å²) >= 11 is 2.15. The molecule has 0 spiro atoms. The molecule has 0 aliphatic carbocycles. The molecule has 2 aromatic rings. The SMILES string of the molecule is Cc1oc(C(=O)C(=O)NC(C)(C)C)cc1C(=O)Nc1cccc(I)c1. The highest BCUT2D eigenvalue weighted by Gasteiger charge is 2.26. The quantitative estimate of drug-likeness (QED) is 0.420. The Hall–Kier alpha value is -2.16. The Bertz CT molecular complexity index is 834. The molecule has 0 bridgehead atoms. The van der Waals surface area contributed by atoms with E-state index in [4.69, 9.17) is 4.42 Å². The van der Waals surface area contributed by atoms with Crippen molar-refractivity contribution in [3.05, 3.63) is 51.0 Å². The minimum absolute atomic E-state index is 0.160. The largest absolute Gasteiger partial charge is 0.457 e. The molecule has 25 heavy (non-hydrogen) atoms. The summed E-state index contributed by atoms with van der Waals surface area (Å²) in [5.74, 6) is -1.88. The van der Waals surface area contributed by atoms with Crippen LogP contribution in [0.4, 0.5) is 5.69 Å². The summed E-state index contributed by atoms with van der Waals surface area (Å²) in [6.07, 6.45) is 0. The maximum Gasteiger partial charge on any atom is 0.296 e. The van der Waals surface area contributed by atoms with Gasteiger partial charge in [0.1, 0.15) is 5.76 Å². The van der Waals surface area contributed by atoms with Gasteiger partial charge < -0.3 is 15.1 Å². The lowest BCUT2D eigenvalue weighted by molar-refractivity contribution is -0.118. The van der Waals surface area contributed by atoms with Crippen LogP contribution in [-0.2, 0) is 4.79 Å². The van der Waals surface area contributed by atoms with E-state index in [9.17, 15) is 14.4 Å². The summed E-state index contributed by atoms with van der Waals surface area (Å²) in [5, 5.41) is 5.32. The first-order valence-corrected chi connectivity index (χ1v) is 8.69. The highest BCUT2D eigenvalue weighted by Crippen LogP contribution is 2.19. The van der Waals surface area contributed by atoms with Crippen LogP contribution in [0.15, 0.2) is 34.7 Å². The lowest BCUT2D eigenvalue weighted by atomic mass is 10.1. The van der Waals surface area contributed by atoms with Crippen molar-refractivity contribution in [2.45, 2.75) is 33.2 Å². The van der Waals surface area contributed by atoms with Gasteiger partial charge in [0.2, 0.25) is 0 Å². The van der Waals surface area contributed by atoms with Gasteiger partial charge in [-0.2, -0.15) is 0 Å². The molecule has 2 N–H and O–H groups in total. The summed E-state index contributed by atoms with van der Waals surface area (Å²) in [5.41, 5.74) is 0.306. The Morgan fingerprint density at radius 3 is 2.40 bits per heavy atom. The van der Waals surface area contributed by atoms with E-state index in [1.807, 2.05) is 18.2 Å². The molecule has 1 aromatic carbocycles. The van der Waals surface area contributed by atoms with E-state index >= 15 is 0 Å². The Balaban J connectivity index is 2.17. The van der Waals surface area contributed by atoms with Gasteiger partial charge in [0.05, 0.1) is 5.56 Å². The van der Waals surface area contributed by atoms with Crippen molar-refractivity contribution in [3.63, 3.8) is 0 Å². The van der Waals surface area contributed by atoms with Gasteiger partial charge in [-0.05, 0) is 68.5 Å². The number of hydrogen-bond acceptors (Lipinski definition) is 4. The van der Waals surface area contributed by atoms with Crippen LogP contribution < -0.4 is 10.6 Å². The third kappa shape index (κ3) is 5.15. The maximum absolute atomic E-state index is 12.4. The number of carbonyl (C=O) groups is 3. The van der Waals surface area contributed by atoms with Crippen molar-refractivity contribution < 1.29 is 18.8 Å². The van der Waals surface area contributed by atoms with Gasteiger partial charge in [0.25, 0.3) is 17.6 Å².